The SMILES string of the molecule is CC(NCc1cn[nH]c1)c1cc(O)ccc1O. The van der Waals surface area contributed by atoms with Gasteiger partial charge < -0.3 is 15.5 Å². The molecule has 0 aliphatic rings. The molecule has 1 aromatic heterocycles. The molecule has 1 atom stereocenters. The summed E-state index contributed by atoms with van der Waals surface area (Å²) in [5.74, 6) is 0.324. The molecular formula is C12H15N3O2. The number of nitrogens with one attached hydrogen (secondary N) is 2. The van der Waals surface area contributed by atoms with Crippen molar-refractivity contribution in [3.63, 3.8) is 0 Å². The molecule has 0 bridgehead atoms. The standard InChI is InChI=1S/C12H15N3O2/c1-8(13-5-9-6-14-15-7-9)11-4-10(16)2-3-12(11)17/h2-4,6-8,13,16-17H,5H2,1H3,(H,14,15). The highest BCUT2D eigenvalue weighted by Crippen LogP contribution is 2.27. The minimum Gasteiger partial charge on any atom is -0.508 e. The van der Waals surface area contributed by atoms with Crippen LogP contribution in [0, 0.1) is 0 Å². The van der Waals surface area contributed by atoms with Gasteiger partial charge in [0.25, 0.3) is 0 Å². The van der Waals surface area contributed by atoms with E-state index in [9.17, 15) is 10.2 Å². The summed E-state index contributed by atoms with van der Waals surface area (Å²) < 4.78 is 0. The van der Waals surface area contributed by atoms with Crippen LogP contribution in [0.2, 0.25) is 0 Å². The molecule has 0 radical (unpaired) electrons. The molecule has 1 unspecified atom stereocenters. The van der Waals surface area contributed by atoms with Gasteiger partial charge in [-0.2, -0.15) is 5.10 Å². The van der Waals surface area contributed by atoms with Crippen molar-refractivity contribution in [1.29, 1.82) is 0 Å². The predicted molar refractivity (Wildman–Crippen MR) is 63.6 cm³/mol. The van der Waals surface area contributed by atoms with Gasteiger partial charge >= 0.3 is 0 Å². The summed E-state index contributed by atoms with van der Waals surface area (Å²) in [7, 11) is 0. The lowest BCUT2D eigenvalue weighted by Crippen LogP contribution is -2.17. The lowest BCUT2D eigenvalue weighted by atomic mass is 10.1. The summed E-state index contributed by atoms with van der Waals surface area (Å²) >= 11 is 0. The molecule has 4 N–H and O–H groups in total. The van der Waals surface area contributed by atoms with Gasteiger partial charge in [-0.15, -0.1) is 0 Å². The third kappa shape index (κ3) is 2.76. The van der Waals surface area contributed by atoms with Gasteiger partial charge in [0.1, 0.15) is 11.5 Å². The van der Waals surface area contributed by atoms with E-state index >= 15 is 0 Å². The van der Waals surface area contributed by atoms with E-state index in [0.717, 1.165) is 5.56 Å². The van der Waals surface area contributed by atoms with Gasteiger partial charge in [0, 0.05) is 29.9 Å². The first-order chi connectivity index (χ1) is 8.16. The fraction of sp³-hybridized carbons (Fsp3) is 0.250. The molecule has 0 saturated heterocycles. The summed E-state index contributed by atoms with van der Waals surface area (Å²) in [5.41, 5.74) is 1.71. The van der Waals surface area contributed by atoms with Crippen LogP contribution in [0.5, 0.6) is 11.5 Å². The molecule has 90 valence electrons. The van der Waals surface area contributed by atoms with Gasteiger partial charge in [-0.3, -0.25) is 5.10 Å². The molecule has 1 aromatic carbocycles. The largest absolute Gasteiger partial charge is 0.508 e. The topological polar surface area (TPSA) is 81.2 Å². The molecule has 0 fully saturated rings. The zero-order chi connectivity index (χ0) is 12.3. The number of nitrogens with zero attached hydrogens (tertiary/aromatic N) is 1. The summed E-state index contributed by atoms with van der Waals surface area (Å²) in [6.07, 6.45) is 3.55. The number of aromatic hydroxyl groups is 2. The third-order valence-electron chi connectivity index (χ3n) is 2.64. The number of hydrogen-bond acceptors (Lipinski definition) is 4. The van der Waals surface area contributed by atoms with Crippen LogP contribution in [-0.2, 0) is 6.54 Å². The van der Waals surface area contributed by atoms with Crippen LogP contribution in [0.15, 0.2) is 30.6 Å². The van der Waals surface area contributed by atoms with E-state index < -0.39 is 0 Å². The zero-order valence-electron chi connectivity index (χ0n) is 9.51. The van der Waals surface area contributed by atoms with Gasteiger partial charge in [0.05, 0.1) is 6.20 Å². The Balaban J connectivity index is 2.04. The molecule has 0 spiro atoms. The summed E-state index contributed by atoms with van der Waals surface area (Å²) in [6, 6.07) is 4.45. The number of benzene rings is 1. The van der Waals surface area contributed by atoms with Crippen molar-refractivity contribution >= 4 is 0 Å². The van der Waals surface area contributed by atoms with Crippen LogP contribution in [0.25, 0.3) is 0 Å². The molecule has 0 saturated carbocycles. The van der Waals surface area contributed by atoms with Gasteiger partial charge in [0.15, 0.2) is 0 Å². The van der Waals surface area contributed by atoms with Crippen molar-refractivity contribution in [2.24, 2.45) is 0 Å². The Morgan fingerprint density at radius 1 is 1.41 bits per heavy atom. The highest BCUT2D eigenvalue weighted by molar-refractivity contribution is 5.40. The Morgan fingerprint density at radius 2 is 2.24 bits per heavy atom. The molecule has 5 heteroatoms. The maximum Gasteiger partial charge on any atom is 0.120 e. The van der Waals surface area contributed by atoms with Crippen molar-refractivity contribution in [3.8, 4) is 11.5 Å². The molecule has 2 rings (SSSR count). The first kappa shape index (κ1) is 11.5. The number of phenols is 2. The van der Waals surface area contributed by atoms with Crippen LogP contribution in [0.4, 0.5) is 0 Å². The molecule has 17 heavy (non-hydrogen) atoms. The fourth-order valence-electron chi connectivity index (χ4n) is 1.64. The Hall–Kier alpha value is -2.01. The lowest BCUT2D eigenvalue weighted by molar-refractivity contribution is 0.440. The monoisotopic (exact) mass is 233 g/mol. The molecule has 5 nitrogen and oxygen atoms in total. The molecule has 2 aromatic rings. The van der Waals surface area contributed by atoms with E-state index in [2.05, 4.69) is 15.5 Å². The fourth-order valence-corrected chi connectivity index (χ4v) is 1.64. The van der Waals surface area contributed by atoms with Crippen molar-refractivity contribution in [3.05, 3.63) is 41.7 Å². The highest BCUT2D eigenvalue weighted by Gasteiger charge is 2.10. The molecule has 0 aliphatic heterocycles. The Kier molecular flexibility index (Phi) is 3.30. The van der Waals surface area contributed by atoms with Crippen molar-refractivity contribution in [2.45, 2.75) is 19.5 Å². The van der Waals surface area contributed by atoms with Crippen molar-refractivity contribution in [2.75, 3.05) is 0 Å². The lowest BCUT2D eigenvalue weighted by Gasteiger charge is -2.15. The Bertz CT molecular complexity index is 483. The number of H-pyrrole nitrogens is 1. The minimum atomic E-state index is -0.0583. The number of rotatable bonds is 4. The van der Waals surface area contributed by atoms with Gasteiger partial charge in [-0.1, -0.05) is 0 Å². The molecular weight excluding hydrogens is 218 g/mol. The van der Waals surface area contributed by atoms with Crippen LogP contribution in [0.1, 0.15) is 24.1 Å². The Labute approximate surface area is 99.1 Å². The van der Waals surface area contributed by atoms with Gasteiger partial charge in [-0.25, -0.2) is 0 Å². The number of aromatic amines is 1. The van der Waals surface area contributed by atoms with E-state index in [1.807, 2.05) is 13.1 Å². The number of phenolic OH excluding ortho intramolecular Hbond substituents is 2. The average Bonchev–Trinajstić information content (AvgIpc) is 2.82. The second-order valence-electron chi connectivity index (χ2n) is 3.95. The average molecular weight is 233 g/mol. The van der Waals surface area contributed by atoms with E-state index in [1.165, 1.54) is 12.1 Å². The second-order valence-corrected chi connectivity index (χ2v) is 3.95. The second kappa shape index (κ2) is 4.88. The maximum absolute atomic E-state index is 9.69. The number of aromatic nitrogens is 2. The van der Waals surface area contributed by atoms with E-state index in [1.54, 1.807) is 12.3 Å². The van der Waals surface area contributed by atoms with Crippen LogP contribution in [0.3, 0.4) is 0 Å². The van der Waals surface area contributed by atoms with E-state index in [-0.39, 0.29) is 17.5 Å². The Morgan fingerprint density at radius 3 is 2.94 bits per heavy atom. The van der Waals surface area contributed by atoms with Crippen LogP contribution < -0.4 is 5.32 Å². The summed E-state index contributed by atoms with van der Waals surface area (Å²) in [6.45, 7) is 2.57. The first-order valence-electron chi connectivity index (χ1n) is 5.39. The summed E-state index contributed by atoms with van der Waals surface area (Å²) in [5, 5.41) is 28.9. The normalized spacial score (nSPS) is 12.5. The number of hydrogen-bond donors (Lipinski definition) is 4. The zero-order valence-corrected chi connectivity index (χ0v) is 9.51. The van der Waals surface area contributed by atoms with Crippen molar-refractivity contribution in [1.82, 2.24) is 15.5 Å². The smallest absolute Gasteiger partial charge is 0.120 e. The molecule has 0 aliphatic carbocycles. The first-order valence-corrected chi connectivity index (χ1v) is 5.39. The van der Waals surface area contributed by atoms with Crippen LogP contribution in [-0.4, -0.2) is 20.4 Å². The summed E-state index contributed by atoms with van der Waals surface area (Å²) in [4.78, 5) is 0. The van der Waals surface area contributed by atoms with Crippen molar-refractivity contribution < 1.29 is 10.2 Å². The third-order valence-corrected chi connectivity index (χ3v) is 2.64. The molecule has 0 amide bonds. The van der Waals surface area contributed by atoms with Gasteiger partial charge in [-0.05, 0) is 25.1 Å². The highest BCUT2D eigenvalue weighted by atomic mass is 16.3. The van der Waals surface area contributed by atoms with E-state index in [0.29, 0.717) is 12.1 Å². The maximum atomic E-state index is 9.69. The predicted octanol–water partition coefficient (Wildman–Crippen LogP) is 1.67. The van der Waals surface area contributed by atoms with E-state index in [4.69, 9.17) is 0 Å². The molecule has 1 heterocycles. The quantitative estimate of drug-likeness (QED) is 0.605. The van der Waals surface area contributed by atoms with Gasteiger partial charge in [0.2, 0.25) is 0 Å². The van der Waals surface area contributed by atoms with Crippen LogP contribution >= 0.6 is 0 Å². The minimum absolute atomic E-state index is 0.0583.